The standard InChI is InChI=1S/C13H18FNO.ClH/c1-9(15)6-11-4-5-12(14)7-13(11)16-8-10-2-3-10;/h4-5,7,9-10H,2-3,6,8,15H2,1H3;1H. The van der Waals surface area contributed by atoms with Gasteiger partial charge < -0.3 is 10.5 Å². The average molecular weight is 260 g/mol. The minimum Gasteiger partial charge on any atom is -0.493 e. The van der Waals surface area contributed by atoms with Crippen LogP contribution in [0.3, 0.4) is 0 Å². The fourth-order valence-corrected chi connectivity index (χ4v) is 1.67. The molecule has 1 saturated carbocycles. The molecule has 0 saturated heterocycles. The normalized spacial score (nSPS) is 16.2. The highest BCUT2D eigenvalue weighted by Crippen LogP contribution is 2.30. The van der Waals surface area contributed by atoms with E-state index in [4.69, 9.17) is 10.5 Å². The van der Waals surface area contributed by atoms with Gasteiger partial charge in [0.2, 0.25) is 0 Å². The summed E-state index contributed by atoms with van der Waals surface area (Å²) in [6, 6.07) is 4.75. The first-order chi connectivity index (χ1) is 7.65. The summed E-state index contributed by atoms with van der Waals surface area (Å²) in [4.78, 5) is 0. The topological polar surface area (TPSA) is 35.2 Å². The summed E-state index contributed by atoms with van der Waals surface area (Å²) in [5.41, 5.74) is 6.75. The van der Waals surface area contributed by atoms with Gasteiger partial charge in [-0.25, -0.2) is 4.39 Å². The second-order valence-corrected chi connectivity index (χ2v) is 4.69. The lowest BCUT2D eigenvalue weighted by atomic mass is 10.1. The summed E-state index contributed by atoms with van der Waals surface area (Å²) in [5, 5.41) is 0. The van der Waals surface area contributed by atoms with Crippen molar-refractivity contribution in [1.82, 2.24) is 0 Å². The summed E-state index contributed by atoms with van der Waals surface area (Å²) >= 11 is 0. The summed E-state index contributed by atoms with van der Waals surface area (Å²) in [7, 11) is 0. The lowest BCUT2D eigenvalue weighted by Crippen LogP contribution is -2.18. The lowest BCUT2D eigenvalue weighted by Gasteiger charge is -2.13. The maximum atomic E-state index is 13.1. The van der Waals surface area contributed by atoms with Crippen molar-refractivity contribution < 1.29 is 9.13 Å². The lowest BCUT2D eigenvalue weighted by molar-refractivity contribution is 0.295. The van der Waals surface area contributed by atoms with Crippen molar-refractivity contribution in [3.8, 4) is 5.75 Å². The zero-order chi connectivity index (χ0) is 11.5. The van der Waals surface area contributed by atoms with Crippen LogP contribution >= 0.6 is 12.4 Å². The summed E-state index contributed by atoms with van der Waals surface area (Å²) in [6.07, 6.45) is 3.19. The van der Waals surface area contributed by atoms with Crippen LogP contribution < -0.4 is 10.5 Å². The fourth-order valence-electron chi connectivity index (χ4n) is 1.67. The molecule has 1 unspecified atom stereocenters. The van der Waals surface area contributed by atoms with Gasteiger partial charge >= 0.3 is 0 Å². The Morgan fingerprint density at radius 2 is 2.18 bits per heavy atom. The van der Waals surface area contributed by atoms with Gasteiger partial charge in [0.25, 0.3) is 0 Å². The van der Waals surface area contributed by atoms with Crippen LogP contribution in [-0.2, 0) is 6.42 Å². The molecule has 1 fully saturated rings. The number of benzene rings is 1. The number of rotatable bonds is 5. The second kappa shape index (κ2) is 6.22. The highest BCUT2D eigenvalue weighted by Gasteiger charge is 2.22. The molecule has 0 amide bonds. The Kier molecular flexibility index (Phi) is 5.22. The molecule has 1 aliphatic carbocycles. The van der Waals surface area contributed by atoms with Crippen LogP contribution in [0.2, 0.25) is 0 Å². The van der Waals surface area contributed by atoms with Crippen LogP contribution in [0, 0.1) is 11.7 Å². The number of ether oxygens (including phenoxy) is 1. The third kappa shape index (κ3) is 4.52. The van der Waals surface area contributed by atoms with Crippen molar-refractivity contribution in [3.63, 3.8) is 0 Å². The molecule has 1 aliphatic rings. The predicted molar refractivity (Wildman–Crippen MR) is 69.2 cm³/mol. The summed E-state index contributed by atoms with van der Waals surface area (Å²) < 4.78 is 18.8. The first-order valence-corrected chi connectivity index (χ1v) is 5.82. The summed E-state index contributed by atoms with van der Waals surface area (Å²) in [6.45, 7) is 2.64. The molecule has 4 heteroatoms. The molecule has 96 valence electrons. The van der Waals surface area contributed by atoms with Crippen molar-refractivity contribution in [2.24, 2.45) is 11.7 Å². The highest BCUT2D eigenvalue weighted by molar-refractivity contribution is 5.85. The van der Waals surface area contributed by atoms with Crippen molar-refractivity contribution in [2.45, 2.75) is 32.2 Å². The van der Waals surface area contributed by atoms with Gasteiger partial charge in [-0.15, -0.1) is 12.4 Å². The van der Waals surface area contributed by atoms with E-state index in [1.807, 2.05) is 6.92 Å². The SMILES string of the molecule is CC(N)Cc1ccc(F)cc1OCC1CC1.Cl. The number of hydrogen-bond acceptors (Lipinski definition) is 2. The molecule has 2 N–H and O–H groups in total. The molecule has 0 bridgehead atoms. The molecule has 2 rings (SSSR count). The molecule has 1 aromatic carbocycles. The van der Waals surface area contributed by atoms with Gasteiger partial charge in [-0.1, -0.05) is 6.07 Å². The minimum absolute atomic E-state index is 0. The first kappa shape index (κ1) is 14.3. The Hall–Kier alpha value is -0.800. The average Bonchev–Trinajstić information content (AvgIpc) is 3.01. The number of hydrogen-bond donors (Lipinski definition) is 1. The van der Waals surface area contributed by atoms with E-state index in [-0.39, 0.29) is 24.3 Å². The van der Waals surface area contributed by atoms with Crippen LogP contribution in [0.25, 0.3) is 0 Å². The highest BCUT2D eigenvalue weighted by atomic mass is 35.5. The van der Waals surface area contributed by atoms with E-state index in [1.54, 1.807) is 6.07 Å². The van der Waals surface area contributed by atoms with Crippen LogP contribution in [0.1, 0.15) is 25.3 Å². The molecular weight excluding hydrogens is 241 g/mol. The third-order valence-corrected chi connectivity index (χ3v) is 2.74. The van der Waals surface area contributed by atoms with E-state index in [0.29, 0.717) is 18.3 Å². The molecule has 2 nitrogen and oxygen atoms in total. The first-order valence-electron chi connectivity index (χ1n) is 5.82. The van der Waals surface area contributed by atoms with Crippen LogP contribution in [0.15, 0.2) is 18.2 Å². The van der Waals surface area contributed by atoms with E-state index >= 15 is 0 Å². The van der Waals surface area contributed by atoms with Crippen molar-refractivity contribution in [1.29, 1.82) is 0 Å². The van der Waals surface area contributed by atoms with E-state index in [1.165, 1.54) is 25.0 Å². The van der Waals surface area contributed by atoms with Crippen molar-refractivity contribution in [3.05, 3.63) is 29.6 Å². The molecule has 0 spiro atoms. The van der Waals surface area contributed by atoms with Crippen LogP contribution in [0.4, 0.5) is 4.39 Å². The molecule has 0 radical (unpaired) electrons. The molecule has 17 heavy (non-hydrogen) atoms. The van der Waals surface area contributed by atoms with Gasteiger partial charge in [-0.05, 0) is 43.7 Å². The smallest absolute Gasteiger partial charge is 0.126 e. The molecule has 1 atom stereocenters. The molecule has 1 aromatic rings. The Morgan fingerprint density at radius 3 is 2.76 bits per heavy atom. The third-order valence-electron chi connectivity index (χ3n) is 2.74. The van der Waals surface area contributed by atoms with Gasteiger partial charge in [0.1, 0.15) is 11.6 Å². The van der Waals surface area contributed by atoms with Crippen LogP contribution in [0.5, 0.6) is 5.75 Å². The van der Waals surface area contributed by atoms with Gasteiger partial charge in [0.05, 0.1) is 6.61 Å². The van der Waals surface area contributed by atoms with E-state index in [2.05, 4.69) is 0 Å². The monoisotopic (exact) mass is 259 g/mol. The molecular formula is C13H19ClFNO. The number of nitrogens with two attached hydrogens (primary N) is 1. The Labute approximate surface area is 108 Å². The van der Waals surface area contributed by atoms with E-state index < -0.39 is 0 Å². The van der Waals surface area contributed by atoms with Gasteiger partial charge in [-0.2, -0.15) is 0 Å². The molecule has 0 aliphatic heterocycles. The maximum Gasteiger partial charge on any atom is 0.126 e. The minimum atomic E-state index is -0.251. The predicted octanol–water partition coefficient (Wildman–Crippen LogP) is 2.93. The Balaban J connectivity index is 0.00000144. The maximum absolute atomic E-state index is 13.1. The van der Waals surface area contributed by atoms with Crippen LogP contribution in [-0.4, -0.2) is 12.6 Å². The van der Waals surface area contributed by atoms with Gasteiger partial charge in [-0.3, -0.25) is 0 Å². The largest absolute Gasteiger partial charge is 0.493 e. The van der Waals surface area contributed by atoms with Gasteiger partial charge in [0, 0.05) is 12.1 Å². The molecule has 0 heterocycles. The van der Waals surface area contributed by atoms with Gasteiger partial charge in [0.15, 0.2) is 0 Å². The summed E-state index contributed by atoms with van der Waals surface area (Å²) in [5.74, 6) is 1.08. The van der Waals surface area contributed by atoms with E-state index in [9.17, 15) is 4.39 Å². The number of halogens is 2. The van der Waals surface area contributed by atoms with Crippen molar-refractivity contribution in [2.75, 3.05) is 6.61 Å². The second-order valence-electron chi connectivity index (χ2n) is 4.69. The Morgan fingerprint density at radius 1 is 1.47 bits per heavy atom. The molecule has 0 aromatic heterocycles. The quantitative estimate of drug-likeness (QED) is 0.883. The van der Waals surface area contributed by atoms with Crippen molar-refractivity contribution >= 4 is 12.4 Å². The zero-order valence-electron chi connectivity index (χ0n) is 9.99. The fraction of sp³-hybridized carbons (Fsp3) is 0.538. The zero-order valence-corrected chi connectivity index (χ0v) is 10.8. The van der Waals surface area contributed by atoms with E-state index in [0.717, 1.165) is 12.0 Å². The Bertz CT molecular complexity index is 366.